The summed E-state index contributed by atoms with van der Waals surface area (Å²) < 4.78 is 15.5. The number of piperazine rings is 1. The van der Waals surface area contributed by atoms with Gasteiger partial charge in [0.1, 0.15) is 11.5 Å². The maximum atomic E-state index is 13.9. The summed E-state index contributed by atoms with van der Waals surface area (Å²) in [5, 5.41) is 15.3. The summed E-state index contributed by atoms with van der Waals surface area (Å²) >= 11 is 0. The number of halogens is 1. The molecule has 0 radical (unpaired) electrons. The Bertz CT molecular complexity index is 1180. The van der Waals surface area contributed by atoms with Gasteiger partial charge in [-0.1, -0.05) is 12.1 Å². The monoisotopic (exact) mass is 437 g/mol. The first-order chi connectivity index (χ1) is 15.3. The Kier molecular flexibility index (Phi) is 5.67. The molecule has 1 aliphatic rings. The molecule has 10 heteroatoms. The molecule has 1 aromatic heterocycles. The van der Waals surface area contributed by atoms with Crippen LogP contribution in [0.15, 0.2) is 54.7 Å². The van der Waals surface area contributed by atoms with Crippen LogP contribution in [0.4, 0.5) is 10.1 Å². The van der Waals surface area contributed by atoms with E-state index in [2.05, 4.69) is 5.10 Å². The Morgan fingerprint density at radius 2 is 1.50 bits per heavy atom. The maximum Gasteiger partial charge on any atom is 0.269 e. The van der Waals surface area contributed by atoms with Crippen molar-refractivity contribution in [3.05, 3.63) is 81.8 Å². The molecule has 164 valence electrons. The molecule has 1 saturated heterocycles. The van der Waals surface area contributed by atoms with E-state index in [0.29, 0.717) is 29.9 Å². The zero-order chi connectivity index (χ0) is 22.8. The molecule has 0 bridgehead atoms. The van der Waals surface area contributed by atoms with Crippen LogP contribution in [-0.4, -0.2) is 62.5 Å². The second-order valence-electron chi connectivity index (χ2n) is 7.43. The Balaban J connectivity index is 1.49. The van der Waals surface area contributed by atoms with E-state index in [1.165, 1.54) is 39.9 Å². The fraction of sp³-hybridized carbons (Fsp3) is 0.227. The normalized spacial score (nSPS) is 13.8. The molecule has 9 nitrogen and oxygen atoms in total. The van der Waals surface area contributed by atoms with E-state index in [1.54, 1.807) is 36.3 Å². The smallest absolute Gasteiger partial charge is 0.269 e. The van der Waals surface area contributed by atoms with Gasteiger partial charge in [0.25, 0.3) is 17.5 Å². The minimum absolute atomic E-state index is 0.0139. The lowest BCUT2D eigenvalue weighted by Gasteiger charge is -2.34. The van der Waals surface area contributed by atoms with Gasteiger partial charge in [0.2, 0.25) is 0 Å². The van der Waals surface area contributed by atoms with Gasteiger partial charge in [-0.05, 0) is 24.3 Å². The van der Waals surface area contributed by atoms with Crippen molar-refractivity contribution in [3.63, 3.8) is 0 Å². The van der Waals surface area contributed by atoms with Gasteiger partial charge in [0, 0.05) is 57.1 Å². The third-order valence-electron chi connectivity index (χ3n) is 5.37. The van der Waals surface area contributed by atoms with Crippen molar-refractivity contribution in [2.24, 2.45) is 7.05 Å². The van der Waals surface area contributed by atoms with Crippen LogP contribution < -0.4 is 0 Å². The summed E-state index contributed by atoms with van der Waals surface area (Å²) in [4.78, 5) is 39.3. The number of hydrogen-bond donors (Lipinski definition) is 0. The van der Waals surface area contributed by atoms with Crippen LogP contribution in [0.5, 0.6) is 0 Å². The molecule has 2 amide bonds. The lowest BCUT2D eigenvalue weighted by molar-refractivity contribution is -0.384. The van der Waals surface area contributed by atoms with Crippen LogP contribution in [-0.2, 0) is 7.05 Å². The van der Waals surface area contributed by atoms with E-state index in [4.69, 9.17) is 0 Å². The number of amides is 2. The van der Waals surface area contributed by atoms with Crippen molar-refractivity contribution in [3.8, 4) is 11.3 Å². The van der Waals surface area contributed by atoms with Gasteiger partial charge < -0.3 is 9.80 Å². The number of nitro benzene ring substituents is 1. The van der Waals surface area contributed by atoms with Gasteiger partial charge in [-0.3, -0.25) is 24.4 Å². The molecule has 3 aromatic rings. The summed E-state index contributed by atoms with van der Waals surface area (Å²) in [5.74, 6) is -1.22. The zero-order valence-corrected chi connectivity index (χ0v) is 17.3. The fourth-order valence-corrected chi connectivity index (χ4v) is 3.69. The molecule has 1 fully saturated rings. The van der Waals surface area contributed by atoms with Crippen molar-refractivity contribution in [2.75, 3.05) is 26.2 Å². The van der Waals surface area contributed by atoms with Crippen molar-refractivity contribution >= 4 is 17.5 Å². The molecular weight excluding hydrogens is 417 g/mol. The SMILES string of the molecule is Cn1cc(C(=O)N2CCN(C(=O)c3ccccc3F)CC2)c(-c2ccc([N+](=O)[O-])cc2)n1. The van der Waals surface area contributed by atoms with Gasteiger partial charge in [-0.2, -0.15) is 5.10 Å². The number of aromatic nitrogens is 2. The topological polar surface area (TPSA) is 102 Å². The fourth-order valence-electron chi connectivity index (χ4n) is 3.69. The summed E-state index contributed by atoms with van der Waals surface area (Å²) in [7, 11) is 1.69. The van der Waals surface area contributed by atoms with E-state index >= 15 is 0 Å². The number of aryl methyl sites for hydroxylation is 1. The first kappa shape index (κ1) is 21.2. The Morgan fingerprint density at radius 1 is 0.938 bits per heavy atom. The lowest BCUT2D eigenvalue weighted by Crippen LogP contribution is -2.50. The van der Waals surface area contributed by atoms with E-state index in [0.717, 1.165) is 0 Å². The number of carbonyl (C=O) groups is 2. The molecule has 0 spiro atoms. The molecule has 0 N–H and O–H groups in total. The molecular formula is C22H20FN5O4. The van der Waals surface area contributed by atoms with E-state index < -0.39 is 16.6 Å². The van der Waals surface area contributed by atoms with Gasteiger partial charge in [-0.25, -0.2) is 4.39 Å². The van der Waals surface area contributed by atoms with Crippen molar-refractivity contribution in [1.29, 1.82) is 0 Å². The Labute approximate surface area is 182 Å². The van der Waals surface area contributed by atoms with Gasteiger partial charge >= 0.3 is 0 Å². The minimum atomic E-state index is -0.570. The second-order valence-corrected chi connectivity index (χ2v) is 7.43. The third kappa shape index (κ3) is 4.07. The largest absolute Gasteiger partial charge is 0.335 e. The molecule has 4 rings (SSSR count). The number of carbonyl (C=O) groups excluding carboxylic acids is 2. The van der Waals surface area contributed by atoms with Crippen molar-refractivity contribution in [1.82, 2.24) is 19.6 Å². The Morgan fingerprint density at radius 3 is 2.06 bits per heavy atom. The third-order valence-corrected chi connectivity index (χ3v) is 5.37. The average Bonchev–Trinajstić information content (AvgIpc) is 3.20. The molecule has 1 aliphatic heterocycles. The summed E-state index contributed by atoms with van der Waals surface area (Å²) in [6, 6.07) is 11.7. The second kappa shape index (κ2) is 8.58. The van der Waals surface area contributed by atoms with Crippen LogP contribution in [0.1, 0.15) is 20.7 Å². The quantitative estimate of drug-likeness (QED) is 0.461. The van der Waals surface area contributed by atoms with Crippen LogP contribution in [0.3, 0.4) is 0 Å². The predicted octanol–water partition coefficient (Wildman–Crippen LogP) is 2.73. The van der Waals surface area contributed by atoms with Crippen molar-refractivity contribution in [2.45, 2.75) is 0 Å². The maximum absolute atomic E-state index is 13.9. The first-order valence-corrected chi connectivity index (χ1v) is 9.96. The molecule has 2 aromatic carbocycles. The highest BCUT2D eigenvalue weighted by Crippen LogP contribution is 2.26. The van der Waals surface area contributed by atoms with Crippen molar-refractivity contribution < 1.29 is 18.9 Å². The van der Waals surface area contributed by atoms with E-state index in [-0.39, 0.29) is 30.2 Å². The van der Waals surface area contributed by atoms with Gasteiger partial charge in [0.15, 0.2) is 0 Å². The molecule has 0 aliphatic carbocycles. The van der Waals surface area contributed by atoms with Crippen LogP contribution >= 0.6 is 0 Å². The minimum Gasteiger partial charge on any atom is -0.335 e. The highest BCUT2D eigenvalue weighted by Gasteiger charge is 2.29. The summed E-state index contributed by atoms with van der Waals surface area (Å²) in [6.07, 6.45) is 1.61. The zero-order valence-electron chi connectivity index (χ0n) is 17.3. The summed E-state index contributed by atoms with van der Waals surface area (Å²) in [6.45, 7) is 1.17. The highest BCUT2D eigenvalue weighted by molar-refractivity contribution is 6.00. The number of hydrogen-bond acceptors (Lipinski definition) is 5. The van der Waals surface area contributed by atoms with E-state index in [9.17, 15) is 24.1 Å². The summed E-state index contributed by atoms with van der Waals surface area (Å²) in [5.41, 5.74) is 1.36. The average molecular weight is 437 g/mol. The molecule has 32 heavy (non-hydrogen) atoms. The number of non-ortho nitro benzene ring substituents is 1. The standard InChI is InChI=1S/C22H20FN5O4/c1-25-14-18(20(24-25)15-6-8-16(9-7-15)28(31)32)22(30)27-12-10-26(11-13-27)21(29)17-4-2-3-5-19(17)23/h2-9,14H,10-13H2,1H3. The number of nitro groups is 1. The predicted molar refractivity (Wildman–Crippen MR) is 114 cm³/mol. The number of nitrogens with zero attached hydrogens (tertiary/aromatic N) is 5. The van der Waals surface area contributed by atoms with Gasteiger partial charge in [0.05, 0.1) is 16.1 Å². The van der Waals surface area contributed by atoms with Crippen LogP contribution in [0.2, 0.25) is 0 Å². The molecule has 0 unspecified atom stereocenters. The van der Waals surface area contributed by atoms with Crippen LogP contribution in [0.25, 0.3) is 11.3 Å². The Hall–Kier alpha value is -4.08. The highest BCUT2D eigenvalue weighted by atomic mass is 19.1. The first-order valence-electron chi connectivity index (χ1n) is 9.96. The molecule has 0 atom stereocenters. The lowest BCUT2D eigenvalue weighted by atomic mass is 10.1. The van der Waals surface area contributed by atoms with Gasteiger partial charge in [-0.15, -0.1) is 0 Å². The van der Waals surface area contributed by atoms with Crippen LogP contribution in [0, 0.1) is 15.9 Å². The molecule has 0 saturated carbocycles. The number of rotatable bonds is 4. The number of benzene rings is 2. The molecule has 2 heterocycles. The van der Waals surface area contributed by atoms with E-state index in [1.807, 2.05) is 0 Å².